The van der Waals surface area contributed by atoms with Gasteiger partial charge in [-0.25, -0.2) is 4.98 Å². The van der Waals surface area contributed by atoms with Crippen molar-refractivity contribution in [3.63, 3.8) is 0 Å². The van der Waals surface area contributed by atoms with Gasteiger partial charge in [0.2, 0.25) is 5.95 Å². The number of nitrogens with zero attached hydrogens (tertiary/aromatic N) is 2. The van der Waals surface area contributed by atoms with Gasteiger partial charge in [0.1, 0.15) is 0 Å². The van der Waals surface area contributed by atoms with Crippen molar-refractivity contribution >= 4 is 5.95 Å². The summed E-state index contributed by atoms with van der Waals surface area (Å²) in [6, 6.07) is 0. The average molecular weight is 167 g/mol. The van der Waals surface area contributed by atoms with Crippen LogP contribution in [0.25, 0.3) is 0 Å². The molecule has 1 rings (SSSR count). The average Bonchev–Trinajstić information content (AvgIpc) is 2.55. The number of aromatic nitrogens is 2. The standard InChI is InChI=1S/C9H17N3/c1-5-9(2,3)12(4)8-10-6-7-11-8/h6-7H,5H2,1-4H3,(H,10,11). The van der Waals surface area contributed by atoms with E-state index in [1.165, 1.54) is 0 Å². The first-order valence-corrected chi connectivity index (χ1v) is 4.31. The minimum absolute atomic E-state index is 0.165. The highest BCUT2D eigenvalue weighted by Gasteiger charge is 2.22. The van der Waals surface area contributed by atoms with Crippen LogP contribution in [0.3, 0.4) is 0 Å². The summed E-state index contributed by atoms with van der Waals surface area (Å²) in [5.74, 6) is 0.932. The Kier molecular flexibility index (Phi) is 2.40. The fourth-order valence-corrected chi connectivity index (χ4v) is 0.964. The van der Waals surface area contributed by atoms with Crippen LogP contribution in [0, 0.1) is 0 Å². The highest BCUT2D eigenvalue weighted by molar-refractivity contribution is 5.31. The number of aromatic amines is 1. The van der Waals surface area contributed by atoms with E-state index in [4.69, 9.17) is 0 Å². The zero-order valence-corrected chi connectivity index (χ0v) is 8.26. The molecule has 3 nitrogen and oxygen atoms in total. The molecule has 0 fully saturated rings. The second-order valence-electron chi connectivity index (χ2n) is 3.64. The number of hydrogen-bond donors (Lipinski definition) is 1. The Hall–Kier alpha value is -0.990. The van der Waals surface area contributed by atoms with E-state index in [1.54, 1.807) is 6.20 Å². The maximum atomic E-state index is 4.20. The third kappa shape index (κ3) is 1.60. The van der Waals surface area contributed by atoms with Crippen LogP contribution < -0.4 is 4.90 Å². The lowest BCUT2D eigenvalue weighted by Gasteiger charge is -2.34. The Bertz CT molecular complexity index is 226. The van der Waals surface area contributed by atoms with Gasteiger partial charge in [-0.3, -0.25) is 0 Å². The summed E-state index contributed by atoms with van der Waals surface area (Å²) in [6.07, 6.45) is 4.72. The van der Waals surface area contributed by atoms with Crippen molar-refractivity contribution in [2.45, 2.75) is 32.7 Å². The van der Waals surface area contributed by atoms with Crippen molar-refractivity contribution in [1.82, 2.24) is 9.97 Å². The van der Waals surface area contributed by atoms with E-state index in [0.717, 1.165) is 12.4 Å². The minimum atomic E-state index is 0.165. The molecule has 1 N–H and O–H groups in total. The van der Waals surface area contributed by atoms with Gasteiger partial charge in [-0.15, -0.1) is 0 Å². The fraction of sp³-hybridized carbons (Fsp3) is 0.667. The highest BCUT2D eigenvalue weighted by atomic mass is 15.3. The molecule has 68 valence electrons. The number of rotatable bonds is 3. The summed E-state index contributed by atoms with van der Waals surface area (Å²) in [5, 5.41) is 0. The molecule has 1 aromatic heterocycles. The van der Waals surface area contributed by atoms with Crippen LogP contribution in [0.15, 0.2) is 12.4 Å². The van der Waals surface area contributed by atoms with Crippen LogP contribution in [0.5, 0.6) is 0 Å². The minimum Gasteiger partial charge on any atom is -0.340 e. The fourth-order valence-electron chi connectivity index (χ4n) is 0.964. The summed E-state index contributed by atoms with van der Waals surface area (Å²) in [7, 11) is 2.06. The Morgan fingerprint density at radius 1 is 1.58 bits per heavy atom. The van der Waals surface area contributed by atoms with Gasteiger partial charge in [-0.1, -0.05) is 6.92 Å². The van der Waals surface area contributed by atoms with E-state index >= 15 is 0 Å². The molecule has 1 aromatic rings. The molecule has 0 bridgehead atoms. The van der Waals surface area contributed by atoms with Crippen LogP contribution in [-0.2, 0) is 0 Å². The number of hydrogen-bond acceptors (Lipinski definition) is 2. The molecule has 0 atom stereocenters. The van der Waals surface area contributed by atoms with Gasteiger partial charge in [0.05, 0.1) is 0 Å². The normalized spacial score (nSPS) is 11.7. The Balaban J connectivity index is 2.78. The predicted molar refractivity (Wildman–Crippen MR) is 51.4 cm³/mol. The van der Waals surface area contributed by atoms with Crippen LogP contribution >= 0.6 is 0 Å². The summed E-state index contributed by atoms with van der Waals surface area (Å²) < 4.78 is 0. The van der Waals surface area contributed by atoms with Crippen molar-refractivity contribution in [2.24, 2.45) is 0 Å². The Labute approximate surface area is 73.8 Å². The summed E-state index contributed by atoms with van der Waals surface area (Å²) in [4.78, 5) is 9.45. The second kappa shape index (κ2) is 3.17. The SMILES string of the molecule is CCC(C)(C)N(C)c1ncc[nH]1. The number of anilines is 1. The molecule has 0 saturated heterocycles. The molecule has 0 saturated carbocycles. The zero-order chi connectivity index (χ0) is 9.19. The quantitative estimate of drug-likeness (QED) is 0.747. The van der Waals surface area contributed by atoms with Crippen molar-refractivity contribution < 1.29 is 0 Å². The van der Waals surface area contributed by atoms with Gasteiger partial charge >= 0.3 is 0 Å². The van der Waals surface area contributed by atoms with Crippen LogP contribution in [0.2, 0.25) is 0 Å². The van der Waals surface area contributed by atoms with Gasteiger partial charge in [-0.05, 0) is 20.3 Å². The molecule has 0 spiro atoms. The summed E-state index contributed by atoms with van der Waals surface area (Å²) in [6.45, 7) is 6.59. The van der Waals surface area contributed by atoms with Crippen molar-refractivity contribution in [1.29, 1.82) is 0 Å². The van der Waals surface area contributed by atoms with E-state index in [-0.39, 0.29) is 5.54 Å². The lowest BCUT2D eigenvalue weighted by atomic mass is 10.0. The van der Waals surface area contributed by atoms with Gasteiger partial charge in [0, 0.05) is 25.0 Å². The topological polar surface area (TPSA) is 31.9 Å². The monoisotopic (exact) mass is 167 g/mol. The molecule has 0 amide bonds. The number of imidazole rings is 1. The molecule has 0 aliphatic heterocycles. The molecule has 0 unspecified atom stereocenters. The first-order valence-electron chi connectivity index (χ1n) is 4.31. The van der Waals surface area contributed by atoms with Crippen molar-refractivity contribution in [2.75, 3.05) is 11.9 Å². The number of nitrogens with one attached hydrogen (secondary N) is 1. The molecule has 0 radical (unpaired) electrons. The van der Waals surface area contributed by atoms with E-state index in [1.807, 2.05) is 6.20 Å². The molecule has 0 aromatic carbocycles. The van der Waals surface area contributed by atoms with Crippen molar-refractivity contribution in [3.8, 4) is 0 Å². The number of H-pyrrole nitrogens is 1. The first-order chi connectivity index (χ1) is 5.58. The first kappa shape index (κ1) is 9.10. The maximum absolute atomic E-state index is 4.20. The van der Waals surface area contributed by atoms with Crippen molar-refractivity contribution in [3.05, 3.63) is 12.4 Å². The summed E-state index contributed by atoms with van der Waals surface area (Å²) >= 11 is 0. The van der Waals surface area contributed by atoms with Crippen LogP contribution in [0.1, 0.15) is 27.2 Å². The molecule has 3 heteroatoms. The Morgan fingerprint density at radius 3 is 2.67 bits per heavy atom. The molecular weight excluding hydrogens is 150 g/mol. The maximum Gasteiger partial charge on any atom is 0.202 e. The molecule has 0 aliphatic rings. The molecular formula is C9H17N3. The largest absolute Gasteiger partial charge is 0.340 e. The van der Waals surface area contributed by atoms with Gasteiger partial charge in [-0.2, -0.15) is 0 Å². The second-order valence-corrected chi connectivity index (χ2v) is 3.64. The molecule has 1 heterocycles. The van der Waals surface area contributed by atoms with E-state index in [2.05, 4.69) is 42.7 Å². The van der Waals surface area contributed by atoms with Gasteiger partial charge in [0.15, 0.2) is 0 Å². The summed E-state index contributed by atoms with van der Waals surface area (Å²) in [5.41, 5.74) is 0.165. The Morgan fingerprint density at radius 2 is 2.25 bits per heavy atom. The van der Waals surface area contributed by atoms with E-state index in [9.17, 15) is 0 Å². The van der Waals surface area contributed by atoms with Crippen LogP contribution in [-0.4, -0.2) is 22.6 Å². The van der Waals surface area contributed by atoms with E-state index in [0.29, 0.717) is 0 Å². The third-order valence-electron chi connectivity index (χ3n) is 2.57. The van der Waals surface area contributed by atoms with Gasteiger partial charge in [0.25, 0.3) is 0 Å². The lowest BCUT2D eigenvalue weighted by molar-refractivity contribution is 0.464. The lowest BCUT2D eigenvalue weighted by Crippen LogP contribution is -2.41. The highest BCUT2D eigenvalue weighted by Crippen LogP contribution is 2.20. The zero-order valence-electron chi connectivity index (χ0n) is 8.26. The van der Waals surface area contributed by atoms with Crippen LogP contribution in [0.4, 0.5) is 5.95 Å². The third-order valence-corrected chi connectivity index (χ3v) is 2.57. The van der Waals surface area contributed by atoms with Gasteiger partial charge < -0.3 is 9.88 Å². The molecule has 0 aliphatic carbocycles. The molecule has 12 heavy (non-hydrogen) atoms. The van der Waals surface area contributed by atoms with E-state index < -0.39 is 0 Å². The smallest absolute Gasteiger partial charge is 0.202 e. The predicted octanol–water partition coefficient (Wildman–Crippen LogP) is 2.03.